The largest absolute Gasteiger partial charge is 0.591 e. The molecule has 1 heterocycles. The van der Waals surface area contributed by atoms with Crippen LogP contribution >= 0.6 is 11.6 Å². The van der Waals surface area contributed by atoms with Gasteiger partial charge in [0.05, 0.1) is 11.4 Å². The first-order valence-electron chi connectivity index (χ1n) is 7.08. The Bertz CT molecular complexity index is 726. The van der Waals surface area contributed by atoms with E-state index in [9.17, 15) is 8.94 Å². The lowest BCUT2D eigenvalue weighted by molar-refractivity contribution is 0.561. The van der Waals surface area contributed by atoms with Crippen LogP contribution in [0.5, 0.6) is 0 Å². The Balaban J connectivity index is 2.41. The molecule has 0 N–H and O–H groups in total. The molecule has 0 saturated carbocycles. The monoisotopic (exact) mass is 352 g/mol. The van der Waals surface area contributed by atoms with Gasteiger partial charge in [-0.1, -0.05) is 16.0 Å². The number of pyridine rings is 1. The van der Waals surface area contributed by atoms with E-state index in [1.54, 1.807) is 31.2 Å². The Morgan fingerprint density at radius 2 is 1.83 bits per heavy atom. The number of benzene rings is 1. The third kappa shape index (κ3) is 4.77. The summed E-state index contributed by atoms with van der Waals surface area (Å²) in [6.07, 6.45) is 0. The summed E-state index contributed by atoms with van der Waals surface area (Å²) in [6.45, 7) is 7.37. The molecule has 1 aromatic carbocycles. The van der Waals surface area contributed by atoms with Crippen molar-refractivity contribution >= 4 is 28.7 Å². The van der Waals surface area contributed by atoms with Crippen LogP contribution in [-0.2, 0) is 11.4 Å². The topological polar surface area (TPSA) is 48.3 Å². The molecule has 0 bridgehead atoms. The molecule has 0 aliphatic rings. The lowest BCUT2D eigenvalue weighted by Gasteiger charge is -2.18. The van der Waals surface area contributed by atoms with Gasteiger partial charge in [-0.05, 0) is 64.1 Å². The SMILES string of the molecule is C/C(=N/[S@@+]([O-])C(C)(C)C)c1cc(Cl)nc(-c2ccc(F)cc2)c1. The smallest absolute Gasteiger partial charge is 0.144 e. The Hall–Kier alpha value is -1.43. The number of hydrogen-bond donors (Lipinski definition) is 0. The van der Waals surface area contributed by atoms with Crippen molar-refractivity contribution in [2.75, 3.05) is 0 Å². The van der Waals surface area contributed by atoms with Crippen molar-refractivity contribution in [2.24, 2.45) is 4.40 Å². The molecule has 0 amide bonds. The maximum atomic E-state index is 13.0. The molecule has 0 spiro atoms. The lowest BCUT2D eigenvalue weighted by Crippen LogP contribution is -2.26. The number of halogens is 2. The van der Waals surface area contributed by atoms with Crippen molar-refractivity contribution in [3.8, 4) is 11.3 Å². The van der Waals surface area contributed by atoms with Gasteiger partial charge >= 0.3 is 0 Å². The number of hydrogen-bond acceptors (Lipinski definition) is 3. The molecule has 0 unspecified atom stereocenters. The second-order valence-electron chi connectivity index (χ2n) is 6.11. The van der Waals surface area contributed by atoms with Gasteiger partial charge in [-0.2, -0.15) is 0 Å². The number of nitrogens with zero attached hydrogens (tertiary/aromatic N) is 2. The minimum Gasteiger partial charge on any atom is -0.591 e. The van der Waals surface area contributed by atoms with Gasteiger partial charge in [0.15, 0.2) is 0 Å². The molecule has 0 radical (unpaired) electrons. The average Bonchev–Trinajstić information content (AvgIpc) is 2.46. The molecule has 0 saturated heterocycles. The fraction of sp³-hybridized carbons (Fsp3) is 0.294. The van der Waals surface area contributed by atoms with Gasteiger partial charge < -0.3 is 4.55 Å². The second kappa shape index (κ2) is 6.99. The lowest BCUT2D eigenvalue weighted by atomic mass is 10.1. The first kappa shape index (κ1) is 17.9. The molecular weight excluding hydrogens is 335 g/mol. The predicted octanol–water partition coefficient (Wildman–Crippen LogP) is 4.81. The van der Waals surface area contributed by atoms with E-state index in [1.807, 2.05) is 20.8 Å². The van der Waals surface area contributed by atoms with E-state index in [1.165, 1.54) is 12.1 Å². The van der Waals surface area contributed by atoms with Gasteiger partial charge in [0.25, 0.3) is 0 Å². The van der Waals surface area contributed by atoms with Crippen LogP contribution < -0.4 is 0 Å². The fourth-order valence-corrected chi connectivity index (χ4v) is 2.62. The van der Waals surface area contributed by atoms with Gasteiger partial charge in [0, 0.05) is 11.1 Å². The minimum absolute atomic E-state index is 0.304. The van der Waals surface area contributed by atoms with E-state index >= 15 is 0 Å². The third-order valence-corrected chi connectivity index (χ3v) is 4.78. The molecule has 6 heteroatoms. The van der Waals surface area contributed by atoms with Crippen molar-refractivity contribution in [2.45, 2.75) is 32.4 Å². The maximum absolute atomic E-state index is 13.0. The fourth-order valence-electron chi connectivity index (χ4n) is 1.79. The van der Waals surface area contributed by atoms with Crippen molar-refractivity contribution in [3.05, 3.63) is 52.9 Å². The minimum atomic E-state index is -1.35. The zero-order valence-corrected chi connectivity index (χ0v) is 15.0. The summed E-state index contributed by atoms with van der Waals surface area (Å²) in [5.41, 5.74) is 2.72. The van der Waals surface area contributed by atoms with Crippen molar-refractivity contribution < 1.29 is 8.94 Å². The number of rotatable bonds is 3. The van der Waals surface area contributed by atoms with Crippen LogP contribution in [0.25, 0.3) is 11.3 Å². The van der Waals surface area contributed by atoms with Crippen molar-refractivity contribution in [3.63, 3.8) is 0 Å². The van der Waals surface area contributed by atoms with E-state index in [2.05, 4.69) is 9.38 Å². The Kier molecular flexibility index (Phi) is 5.45. The van der Waals surface area contributed by atoms with Crippen LogP contribution in [0.1, 0.15) is 33.3 Å². The van der Waals surface area contributed by atoms with Gasteiger partial charge in [-0.25, -0.2) is 9.37 Å². The summed E-state index contributed by atoms with van der Waals surface area (Å²) >= 11 is 4.73. The highest BCUT2D eigenvalue weighted by Crippen LogP contribution is 2.23. The van der Waals surface area contributed by atoms with Crippen molar-refractivity contribution in [1.82, 2.24) is 4.98 Å². The number of aromatic nitrogens is 1. The van der Waals surface area contributed by atoms with Gasteiger partial charge in [0.2, 0.25) is 0 Å². The molecule has 0 fully saturated rings. The zero-order valence-electron chi connectivity index (χ0n) is 13.4. The van der Waals surface area contributed by atoms with Crippen LogP contribution in [0.3, 0.4) is 0 Å². The summed E-state index contributed by atoms with van der Waals surface area (Å²) in [4.78, 5) is 4.26. The quantitative estimate of drug-likeness (QED) is 0.452. The standard InChI is InChI=1S/C17H18ClFN2OS/c1-11(21-23(22)17(2,3)4)13-9-15(20-16(18)10-13)12-5-7-14(19)8-6-12/h5-10H,1-4H3/b21-11-/t23-/m0/s1. The van der Waals surface area contributed by atoms with Gasteiger partial charge in [-0.15, -0.1) is 0 Å². The second-order valence-corrected chi connectivity index (χ2v) is 8.40. The molecule has 2 aromatic rings. The van der Waals surface area contributed by atoms with E-state index in [-0.39, 0.29) is 5.82 Å². The molecule has 1 aromatic heterocycles. The summed E-state index contributed by atoms with van der Waals surface area (Å²) in [5.74, 6) is -0.311. The molecule has 1 atom stereocenters. The molecule has 122 valence electrons. The highest BCUT2D eigenvalue weighted by Gasteiger charge is 2.26. The molecule has 0 aliphatic heterocycles. The molecule has 0 aliphatic carbocycles. The van der Waals surface area contributed by atoms with Crippen LogP contribution in [0, 0.1) is 5.82 Å². The molecular formula is C17H18ClFN2OS. The highest BCUT2D eigenvalue weighted by molar-refractivity contribution is 7.91. The normalized spacial score (nSPS) is 14.0. The Labute approximate surface area is 143 Å². The van der Waals surface area contributed by atoms with Crippen LogP contribution in [0.15, 0.2) is 40.8 Å². The van der Waals surface area contributed by atoms with E-state index in [4.69, 9.17) is 11.6 Å². The summed E-state index contributed by atoms with van der Waals surface area (Å²) in [6, 6.07) is 9.49. The predicted molar refractivity (Wildman–Crippen MR) is 94.7 cm³/mol. The summed E-state index contributed by atoms with van der Waals surface area (Å²) < 4.78 is 29.0. The van der Waals surface area contributed by atoms with Gasteiger partial charge in [-0.3, -0.25) is 0 Å². The summed E-state index contributed by atoms with van der Waals surface area (Å²) in [5, 5.41) is 0.304. The average molecular weight is 353 g/mol. The molecule has 23 heavy (non-hydrogen) atoms. The van der Waals surface area contributed by atoms with E-state index in [0.717, 1.165) is 11.1 Å². The zero-order chi connectivity index (χ0) is 17.2. The first-order chi connectivity index (χ1) is 10.7. The van der Waals surface area contributed by atoms with E-state index in [0.29, 0.717) is 16.6 Å². The summed E-state index contributed by atoms with van der Waals surface area (Å²) in [7, 11) is 0. The van der Waals surface area contributed by atoms with Gasteiger partial charge in [0.1, 0.15) is 27.1 Å². The molecule has 2 rings (SSSR count). The third-order valence-electron chi connectivity index (χ3n) is 3.10. The first-order valence-corrected chi connectivity index (χ1v) is 8.56. The Morgan fingerprint density at radius 1 is 1.22 bits per heavy atom. The Morgan fingerprint density at radius 3 is 2.39 bits per heavy atom. The van der Waals surface area contributed by atoms with E-state index < -0.39 is 16.1 Å². The van der Waals surface area contributed by atoms with Crippen molar-refractivity contribution in [1.29, 1.82) is 0 Å². The van der Waals surface area contributed by atoms with Crippen LogP contribution in [-0.4, -0.2) is 20.0 Å². The van der Waals surface area contributed by atoms with Crippen LogP contribution in [0.4, 0.5) is 4.39 Å². The molecule has 3 nitrogen and oxygen atoms in total. The van der Waals surface area contributed by atoms with Crippen LogP contribution in [0.2, 0.25) is 5.15 Å². The highest BCUT2D eigenvalue weighted by atomic mass is 35.5. The maximum Gasteiger partial charge on any atom is 0.144 e.